The number of ketones is 1. The predicted octanol–water partition coefficient (Wildman–Crippen LogP) is 3.34. The smallest absolute Gasteiger partial charge is 0.203 e. The van der Waals surface area contributed by atoms with Crippen LogP contribution in [-0.4, -0.2) is 39.8 Å². The average molecular weight is 422 g/mol. The maximum absolute atomic E-state index is 12.9. The summed E-state index contributed by atoms with van der Waals surface area (Å²) in [6.45, 7) is 0.288. The molecular weight excluding hydrogens is 402 g/mol. The van der Waals surface area contributed by atoms with Gasteiger partial charge in [-0.2, -0.15) is 0 Å². The molecule has 1 aliphatic heterocycles. The van der Waals surface area contributed by atoms with Gasteiger partial charge in [-0.15, -0.1) is 0 Å². The maximum atomic E-state index is 12.9. The van der Waals surface area contributed by atoms with Gasteiger partial charge in [-0.05, 0) is 29.8 Å². The topological polar surface area (TPSA) is 66.0 Å². The molecule has 0 aromatic heterocycles. The van der Waals surface area contributed by atoms with Crippen molar-refractivity contribution in [2.45, 2.75) is 12.3 Å². The van der Waals surface area contributed by atoms with Crippen molar-refractivity contribution in [3.05, 3.63) is 52.0 Å². The first-order valence-electron chi connectivity index (χ1n) is 8.04. The van der Waals surface area contributed by atoms with Gasteiger partial charge >= 0.3 is 0 Å². The monoisotopic (exact) mass is 421 g/mol. The van der Waals surface area contributed by atoms with Crippen LogP contribution in [0.15, 0.2) is 40.9 Å². The van der Waals surface area contributed by atoms with Gasteiger partial charge in [-0.25, -0.2) is 0 Å². The summed E-state index contributed by atoms with van der Waals surface area (Å²) in [5.41, 5.74) is 1.44. The molecule has 1 heterocycles. The molecule has 138 valence electrons. The van der Waals surface area contributed by atoms with Crippen LogP contribution in [0.4, 0.5) is 0 Å². The molecule has 6 nitrogen and oxygen atoms in total. The Morgan fingerprint density at radius 1 is 1.08 bits per heavy atom. The van der Waals surface area contributed by atoms with Gasteiger partial charge in [-0.1, -0.05) is 28.1 Å². The van der Waals surface area contributed by atoms with E-state index in [9.17, 15) is 4.79 Å². The summed E-state index contributed by atoms with van der Waals surface area (Å²) in [6, 6.07) is 10.6. The zero-order valence-corrected chi connectivity index (χ0v) is 16.3. The first-order valence-corrected chi connectivity index (χ1v) is 8.84. The van der Waals surface area contributed by atoms with Crippen LogP contribution in [0, 0.1) is 0 Å². The van der Waals surface area contributed by atoms with E-state index in [0.29, 0.717) is 22.8 Å². The van der Waals surface area contributed by atoms with Crippen molar-refractivity contribution in [2.75, 3.05) is 27.9 Å². The number of hydrogen-bond donors (Lipinski definition) is 1. The molecule has 0 aliphatic carbocycles. The zero-order valence-electron chi connectivity index (χ0n) is 14.7. The average Bonchev–Trinajstić information content (AvgIpc) is 3.16. The number of carbonyl (C=O) groups excluding carboxylic acids is 1. The molecule has 1 N–H and O–H groups in total. The highest BCUT2D eigenvalue weighted by Gasteiger charge is 2.32. The van der Waals surface area contributed by atoms with Gasteiger partial charge in [0.1, 0.15) is 6.23 Å². The molecule has 7 heteroatoms. The standard InChI is InChI=1S/C19H20BrNO5/c1-23-15-8-12(9-16(24-2)18(15)25-3)17(22)14-10-26-19(21-14)11-4-6-13(20)7-5-11/h4-9,14,19,21H,10H2,1-3H3. The molecule has 2 aromatic rings. The Labute approximate surface area is 160 Å². The number of carbonyl (C=O) groups is 1. The minimum atomic E-state index is -0.452. The summed E-state index contributed by atoms with van der Waals surface area (Å²) in [7, 11) is 4.56. The number of hydrogen-bond acceptors (Lipinski definition) is 6. The number of benzene rings is 2. The maximum Gasteiger partial charge on any atom is 0.203 e. The Hall–Kier alpha value is -2.09. The fourth-order valence-electron chi connectivity index (χ4n) is 2.88. The Kier molecular flexibility index (Phi) is 5.80. The lowest BCUT2D eigenvalue weighted by molar-refractivity contribution is 0.0908. The van der Waals surface area contributed by atoms with Gasteiger partial charge in [0.2, 0.25) is 5.75 Å². The van der Waals surface area contributed by atoms with Gasteiger partial charge in [0, 0.05) is 10.0 Å². The summed E-state index contributed by atoms with van der Waals surface area (Å²) >= 11 is 3.41. The molecule has 0 amide bonds. The van der Waals surface area contributed by atoms with E-state index in [1.165, 1.54) is 21.3 Å². The van der Waals surface area contributed by atoms with Crippen molar-refractivity contribution in [1.29, 1.82) is 0 Å². The predicted molar refractivity (Wildman–Crippen MR) is 100 cm³/mol. The Bertz CT molecular complexity index is 768. The molecule has 0 spiro atoms. The van der Waals surface area contributed by atoms with E-state index in [-0.39, 0.29) is 18.6 Å². The second-order valence-corrected chi connectivity index (χ2v) is 6.68. The fraction of sp³-hybridized carbons (Fsp3) is 0.316. The van der Waals surface area contributed by atoms with E-state index in [4.69, 9.17) is 18.9 Å². The van der Waals surface area contributed by atoms with Crippen molar-refractivity contribution in [3.63, 3.8) is 0 Å². The molecule has 1 saturated heterocycles. The summed E-state index contributed by atoms with van der Waals surface area (Å²) in [6.07, 6.45) is -0.320. The minimum absolute atomic E-state index is 0.0936. The number of rotatable bonds is 6. The van der Waals surface area contributed by atoms with Crippen molar-refractivity contribution in [3.8, 4) is 17.2 Å². The summed E-state index contributed by atoms with van der Waals surface area (Å²) in [5, 5.41) is 3.23. The van der Waals surface area contributed by atoms with E-state index >= 15 is 0 Å². The number of nitrogens with one attached hydrogen (secondary N) is 1. The van der Waals surface area contributed by atoms with E-state index < -0.39 is 6.04 Å². The Balaban J connectivity index is 1.80. The molecule has 26 heavy (non-hydrogen) atoms. The molecule has 1 fully saturated rings. The lowest BCUT2D eigenvalue weighted by Crippen LogP contribution is -2.34. The summed E-state index contributed by atoms with van der Waals surface area (Å²) < 4.78 is 22.7. The highest BCUT2D eigenvalue weighted by atomic mass is 79.9. The van der Waals surface area contributed by atoms with Crippen molar-refractivity contribution in [2.24, 2.45) is 0 Å². The number of ether oxygens (including phenoxy) is 4. The largest absolute Gasteiger partial charge is 0.493 e. The first kappa shape index (κ1) is 18.7. The van der Waals surface area contributed by atoms with E-state index in [2.05, 4.69) is 21.2 Å². The molecule has 0 bridgehead atoms. The minimum Gasteiger partial charge on any atom is -0.493 e. The molecule has 0 radical (unpaired) electrons. The van der Waals surface area contributed by atoms with Gasteiger partial charge in [0.25, 0.3) is 0 Å². The van der Waals surface area contributed by atoms with Crippen LogP contribution in [0.2, 0.25) is 0 Å². The number of Topliss-reactive ketones (excluding diaryl/α,β-unsaturated/α-hetero) is 1. The lowest BCUT2D eigenvalue weighted by atomic mass is 10.0. The van der Waals surface area contributed by atoms with E-state index in [1.807, 2.05) is 24.3 Å². The molecule has 2 unspecified atom stereocenters. The van der Waals surface area contributed by atoms with Crippen LogP contribution in [0.1, 0.15) is 22.1 Å². The second kappa shape index (κ2) is 8.07. The van der Waals surface area contributed by atoms with Gasteiger partial charge in [0.15, 0.2) is 17.3 Å². The molecule has 3 rings (SSSR count). The lowest BCUT2D eigenvalue weighted by Gasteiger charge is -2.15. The normalized spacial score (nSPS) is 19.2. The second-order valence-electron chi connectivity index (χ2n) is 5.76. The van der Waals surface area contributed by atoms with E-state index in [1.54, 1.807) is 12.1 Å². The van der Waals surface area contributed by atoms with Crippen LogP contribution in [0.5, 0.6) is 17.2 Å². The Morgan fingerprint density at radius 2 is 1.69 bits per heavy atom. The highest BCUT2D eigenvalue weighted by molar-refractivity contribution is 9.10. The fourth-order valence-corrected chi connectivity index (χ4v) is 3.14. The van der Waals surface area contributed by atoms with Crippen LogP contribution in [-0.2, 0) is 4.74 Å². The zero-order chi connectivity index (χ0) is 18.7. The SMILES string of the molecule is COc1cc(C(=O)C2COC(c3ccc(Br)cc3)N2)cc(OC)c1OC. The first-order chi connectivity index (χ1) is 12.6. The van der Waals surface area contributed by atoms with Crippen LogP contribution >= 0.6 is 15.9 Å². The molecule has 0 saturated carbocycles. The highest BCUT2D eigenvalue weighted by Crippen LogP contribution is 2.38. The third kappa shape index (κ3) is 3.70. The third-order valence-corrected chi connectivity index (χ3v) is 4.75. The van der Waals surface area contributed by atoms with Gasteiger partial charge in [-0.3, -0.25) is 10.1 Å². The van der Waals surface area contributed by atoms with Crippen molar-refractivity contribution < 1.29 is 23.7 Å². The summed E-state index contributed by atoms with van der Waals surface area (Å²) in [5.74, 6) is 1.25. The van der Waals surface area contributed by atoms with Gasteiger partial charge < -0.3 is 18.9 Å². The Morgan fingerprint density at radius 3 is 2.23 bits per heavy atom. The van der Waals surface area contributed by atoms with Crippen molar-refractivity contribution in [1.82, 2.24) is 5.32 Å². The van der Waals surface area contributed by atoms with Crippen LogP contribution in [0.25, 0.3) is 0 Å². The van der Waals surface area contributed by atoms with Crippen LogP contribution < -0.4 is 19.5 Å². The number of methoxy groups -OCH3 is 3. The van der Waals surface area contributed by atoms with E-state index in [0.717, 1.165) is 10.0 Å². The number of halogens is 1. The molecule has 2 atom stereocenters. The van der Waals surface area contributed by atoms with Crippen molar-refractivity contribution >= 4 is 21.7 Å². The summed E-state index contributed by atoms with van der Waals surface area (Å²) in [4.78, 5) is 12.9. The quantitative estimate of drug-likeness (QED) is 0.721. The third-order valence-electron chi connectivity index (χ3n) is 4.22. The van der Waals surface area contributed by atoms with Crippen LogP contribution in [0.3, 0.4) is 0 Å². The molecule has 2 aromatic carbocycles. The molecule has 1 aliphatic rings. The molecular formula is C19H20BrNO5. The van der Waals surface area contributed by atoms with Gasteiger partial charge in [0.05, 0.1) is 34.0 Å².